The summed E-state index contributed by atoms with van der Waals surface area (Å²) in [6, 6.07) is 0. The first-order valence-corrected chi connectivity index (χ1v) is 13.3. The maximum absolute atomic E-state index is 13.2. The van der Waals surface area contributed by atoms with E-state index in [1.54, 1.807) is 19.1 Å². The first-order valence-electron chi connectivity index (χ1n) is 13.3. The number of Topliss-reactive ketones (excluding diaryl/α,β-unsaturated/α-hetero) is 1. The molecule has 40 heavy (non-hydrogen) atoms. The highest BCUT2D eigenvalue weighted by Gasteiger charge is 2.41. The average Bonchev–Trinajstić information content (AvgIpc) is 2.88. The Balaban J connectivity index is 2.57. The Morgan fingerprint density at radius 3 is 2.38 bits per heavy atom. The predicted molar refractivity (Wildman–Crippen MR) is 148 cm³/mol. The second-order valence-corrected chi connectivity index (χ2v) is 11.4. The number of ether oxygens (including phenoxy) is 3. The molecular weight excluding hydrogens is 518 g/mol. The highest BCUT2D eigenvalue weighted by molar-refractivity contribution is 6.23. The number of rotatable bonds is 3. The normalized spacial score (nSPS) is 33.0. The fourth-order valence-electron chi connectivity index (χ4n) is 5.35. The number of nitrogens with two attached hydrogens (primary N) is 2. The van der Waals surface area contributed by atoms with Crippen LogP contribution in [0.2, 0.25) is 0 Å². The molecule has 0 aromatic heterocycles. The van der Waals surface area contributed by atoms with Crippen LogP contribution in [0.25, 0.3) is 0 Å². The van der Waals surface area contributed by atoms with E-state index in [4.69, 9.17) is 25.7 Å². The number of amides is 2. The first kappa shape index (κ1) is 32.9. The van der Waals surface area contributed by atoms with Crippen LogP contribution in [0.4, 0.5) is 4.79 Å². The molecule has 0 aromatic rings. The molecule has 11 nitrogen and oxygen atoms in total. The van der Waals surface area contributed by atoms with Gasteiger partial charge in [0, 0.05) is 36.9 Å². The molecule has 1 heterocycles. The minimum Gasteiger partial charge on any atom is -0.443 e. The van der Waals surface area contributed by atoms with Gasteiger partial charge < -0.3 is 36.1 Å². The highest BCUT2D eigenvalue weighted by atomic mass is 16.6. The Hall–Kier alpha value is -3.28. The van der Waals surface area contributed by atoms with Gasteiger partial charge in [0.15, 0.2) is 0 Å². The lowest BCUT2D eigenvalue weighted by Gasteiger charge is -2.40. The Kier molecular flexibility index (Phi) is 11.4. The van der Waals surface area contributed by atoms with Crippen molar-refractivity contribution in [2.24, 2.45) is 28.7 Å². The molecule has 2 aliphatic rings. The lowest BCUT2D eigenvalue weighted by Crippen LogP contribution is -2.47. The summed E-state index contributed by atoms with van der Waals surface area (Å²) in [7, 11) is 2.95. The number of ketones is 2. The van der Waals surface area contributed by atoms with Gasteiger partial charge in [-0.15, -0.1) is 0 Å². The second kappa shape index (κ2) is 13.9. The second-order valence-electron chi connectivity index (χ2n) is 11.4. The molecule has 0 unspecified atom stereocenters. The fourth-order valence-corrected chi connectivity index (χ4v) is 5.35. The van der Waals surface area contributed by atoms with Crippen LogP contribution in [0.5, 0.6) is 0 Å². The summed E-state index contributed by atoms with van der Waals surface area (Å²) < 4.78 is 16.8. The van der Waals surface area contributed by atoms with Crippen LogP contribution in [-0.2, 0) is 28.6 Å². The van der Waals surface area contributed by atoms with Gasteiger partial charge in [-0.25, -0.2) is 4.79 Å². The smallest absolute Gasteiger partial charge is 0.404 e. The summed E-state index contributed by atoms with van der Waals surface area (Å²) >= 11 is 0. The lowest BCUT2D eigenvalue weighted by atomic mass is 9.74. The molecule has 6 atom stereocenters. The number of carbonyl (C=O) groups is 4. The van der Waals surface area contributed by atoms with Crippen molar-refractivity contribution in [1.82, 2.24) is 5.32 Å². The SMILES string of the molecule is CO[C@H]1/C=C\C=C(/C)C(=O)NC2=CC(=O)C(N)=C(C[C@@H](C)C[C@H](OC)[C@H](O)[C@@H](C)CC(C)(C)[C@@H]1OC(N)=O)C2=O. The van der Waals surface area contributed by atoms with Crippen molar-refractivity contribution in [1.29, 1.82) is 0 Å². The minimum atomic E-state index is -0.970. The Morgan fingerprint density at radius 1 is 1.15 bits per heavy atom. The summed E-state index contributed by atoms with van der Waals surface area (Å²) in [4.78, 5) is 50.4. The van der Waals surface area contributed by atoms with Gasteiger partial charge in [0.05, 0.1) is 23.6 Å². The van der Waals surface area contributed by atoms with Gasteiger partial charge in [-0.05, 0) is 38.0 Å². The standard InChI is InChI=1S/C29H43N3O8/c1-15-11-18-23(30)20(33)13-19(25(18)35)32-27(36)16(2)9-8-10-21(38-6)26(40-28(31)37)29(4,5)14-17(3)24(34)22(12-15)39-7/h8-10,13,15,17,21-22,24,26,34H,11-12,14,30H2,1-7H3,(H2,31,37)(H,32,36)/b10-8-,16-9+/t15-,17+,21+,22+,24-,26-/m1/s1. The van der Waals surface area contributed by atoms with Gasteiger partial charge in [0.2, 0.25) is 11.6 Å². The van der Waals surface area contributed by atoms with Crippen molar-refractivity contribution < 1.29 is 38.5 Å². The van der Waals surface area contributed by atoms with Crippen molar-refractivity contribution in [2.45, 2.75) is 78.3 Å². The number of hydrogen-bond acceptors (Lipinski definition) is 9. The highest BCUT2D eigenvalue weighted by Crippen LogP contribution is 2.37. The van der Waals surface area contributed by atoms with Crippen molar-refractivity contribution in [3.63, 3.8) is 0 Å². The minimum absolute atomic E-state index is 0.114. The third-order valence-electron chi connectivity index (χ3n) is 7.52. The average molecular weight is 562 g/mol. The van der Waals surface area contributed by atoms with E-state index >= 15 is 0 Å². The van der Waals surface area contributed by atoms with Crippen LogP contribution in [0, 0.1) is 17.3 Å². The molecule has 11 heteroatoms. The van der Waals surface area contributed by atoms with Crippen LogP contribution in [0.15, 0.2) is 46.8 Å². The van der Waals surface area contributed by atoms with E-state index in [1.165, 1.54) is 20.3 Å². The van der Waals surface area contributed by atoms with E-state index in [0.29, 0.717) is 12.8 Å². The molecule has 0 radical (unpaired) electrons. The van der Waals surface area contributed by atoms with E-state index in [1.807, 2.05) is 27.7 Å². The molecule has 2 amide bonds. The molecule has 0 spiro atoms. The summed E-state index contributed by atoms with van der Waals surface area (Å²) in [6.07, 6.45) is 2.58. The summed E-state index contributed by atoms with van der Waals surface area (Å²) in [5.74, 6) is -2.20. The summed E-state index contributed by atoms with van der Waals surface area (Å²) in [5.41, 5.74) is 10.7. The maximum Gasteiger partial charge on any atom is 0.404 e. The molecule has 2 rings (SSSR count). The zero-order chi connectivity index (χ0) is 30.4. The van der Waals surface area contributed by atoms with Crippen molar-refractivity contribution in [3.05, 3.63) is 46.8 Å². The maximum atomic E-state index is 13.2. The van der Waals surface area contributed by atoms with Gasteiger partial charge in [-0.2, -0.15) is 0 Å². The monoisotopic (exact) mass is 561 g/mol. The van der Waals surface area contributed by atoms with Crippen LogP contribution in [0.1, 0.15) is 53.9 Å². The number of hydrogen-bond donors (Lipinski definition) is 4. The third-order valence-corrected chi connectivity index (χ3v) is 7.52. The van der Waals surface area contributed by atoms with Gasteiger partial charge in [0.1, 0.15) is 12.2 Å². The van der Waals surface area contributed by atoms with Crippen LogP contribution < -0.4 is 16.8 Å². The van der Waals surface area contributed by atoms with Crippen molar-refractivity contribution in [2.75, 3.05) is 14.2 Å². The van der Waals surface area contributed by atoms with Gasteiger partial charge >= 0.3 is 6.09 Å². The van der Waals surface area contributed by atoms with E-state index in [0.717, 1.165) is 6.08 Å². The number of nitrogens with one attached hydrogen (secondary N) is 1. The van der Waals surface area contributed by atoms with Gasteiger partial charge in [-0.3, -0.25) is 14.4 Å². The van der Waals surface area contributed by atoms with E-state index in [2.05, 4.69) is 5.32 Å². The molecule has 0 aromatic carbocycles. The molecule has 2 bridgehead atoms. The number of methoxy groups -OCH3 is 2. The molecular formula is C29H43N3O8. The van der Waals surface area contributed by atoms with E-state index in [-0.39, 0.29) is 40.8 Å². The van der Waals surface area contributed by atoms with Crippen LogP contribution in [0.3, 0.4) is 0 Å². The molecule has 1 aliphatic heterocycles. The molecule has 222 valence electrons. The number of fused-ring (bicyclic) bond motifs is 2. The first-order chi connectivity index (χ1) is 18.6. The van der Waals surface area contributed by atoms with E-state index in [9.17, 15) is 24.3 Å². The molecule has 0 fully saturated rings. The Bertz CT molecular complexity index is 1120. The molecule has 0 saturated carbocycles. The largest absolute Gasteiger partial charge is 0.443 e. The zero-order valence-corrected chi connectivity index (χ0v) is 24.4. The number of allylic oxidation sites excluding steroid dienone is 4. The topological polar surface area (TPSA) is 180 Å². The predicted octanol–water partition coefficient (Wildman–Crippen LogP) is 2.19. The molecule has 1 aliphatic carbocycles. The number of carbonyl (C=O) groups excluding carboxylic acids is 4. The van der Waals surface area contributed by atoms with Crippen molar-refractivity contribution >= 4 is 23.6 Å². The van der Waals surface area contributed by atoms with Crippen molar-refractivity contribution in [3.8, 4) is 0 Å². The fraction of sp³-hybridized carbons (Fsp3) is 0.586. The van der Waals surface area contributed by atoms with Gasteiger partial charge in [0.25, 0.3) is 5.91 Å². The quantitative estimate of drug-likeness (QED) is 0.376. The Labute approximate surface area is 235 Å². The Morgan fingerprint density at radius 2 is 1.80 bits per heavy atom. The summed E-state index contributed by atoms with van der Waals surface area (Å²) in [5, 5.41) is 13.8. The van der Waals surface area contributed by atoms with Gasteiger partial charge in [-0.1, -0.05) is 45.9 Å². The number of aliphatic hydroxyl groups excluding tert-OH is 1. The lowest BCUT2D eigenvalue weighted by molar-refractivity contribution is -0.120. The van der Waals surface area contributed by atoms with Crippen LogP contribution in [-0.4, -0.2) is 67.3 Å². The zero-order valence-electron chi connectivity index (χ0n) is 24.4. The summed E-state index contributed by atoms with van der Waals surface area (Å²) in [6.45, 7) is 9.05. The molecule has 6 N–H and O–H groups in total. The third kappa shape index (κ3) is 8.12. The van der Waals surface area contributed by atoms with Crippen LogP contribution >= 0.6 is 0 Å². The number of aliphatic hydroxyl groups is 1. The molecule has 0 saturated heterocycles. The van der Waals surface area contributed by atoms with E-state index < -0.39 is 53.4 Å². The number of primary amides is 1.